The van der Waals surface area contributed by atoms with E-state index in [9.17, 15) is 4.79 Å². The van der Waals surface area contributed by atoms with Gasteiger partial charge in [-0.1, -0.05) is 0 Å². The normalized spacial score (nSPS) is 10.7. The van der Waals surface area contributed by atoms with Crippen LogP contribution in [0.25, 0.3) is 0 Å². The van der Waals surface area contributed by atoms with Crippen molar-refractivity contribution < 1.29 is 9.53 Å². The smallest absolute Gasteiger partial charge is 0.234 e. The molecule has 0 fully saturated rings. The Kier molecular flexibility index (Phi) is 4.55. The summed E-state index contributed by atoms with van der Waals surface area (Å²) in [6, 6.07) is 5.82. The molecule has 0 unspecified atom stereocenters. The predicted molar refractivity (Wildman–Crippen MR) is 73.9 cm³/mol. The molecule has 1 aromatic rings. The lowest BCUT2D eigenvalue weighted by Gasteiger charge is -2.29. The number of carbonyl (C=O) groups excluding carboxylic acids is 1. The number of amides is 1. The highest BCUT2D eigenvalue weighted by atomic mass is 16.5. The maximum Gasteiger partial charge on any atom is 0.234 e. The van der Waals surface area contributed by atoms with Gasteiger partial charge in [-0.2, -0.15) is 5.26 Å². The third-order valence-electron chi connectivity index (χ3n) is 3.18. The Morgan fingerprint density at radius 1 is 1.37 bits per heavy atom. The Labute approximate surface area is 114 Å². The van der Waals surface area contributed by atoms with Crippen molar-refractivity contribution in [3.8, 4) is 11.8 Å². The maximum atomic E-state index is 11.6. The SMILES string of the molecule is COc1cc(C)c(C)cc1C(C)(C)NC(=O)CC#N. The molecule has 0 atom stereocenters. The van der Waals surface area contributed by atoms with E-state index in [0.717, 1.165) is 22.4 Å². The van der Waals surface area contributed by atoms with Crippen molar-refractivity contribution in [3.63, 3.8) is 0 Å². The van der Waals surface area contributed by atoms with Gasteiger partial charge in [-0.05, 0) is 51.0 Å². The zero-order chi connectivity index (χ0) is 14.6. The van der Waals surface area contributed by atoms with Gasteiger partial charge in [0.25, 0.3) is 0 Å². The molecule has 0 aliphatic heterocycles. The Bertz CT molecular complexity index is 528. The molecule has 1 rings (SSSR count). The quantitative estimate of drug-likeness (QED) is 0.905. The minimum Gasteiger partial charge on any atom is -0.496 e. The summed E-state index contributed by atoms with van der Waals surface area (Å²) in [5.74, 6) is 0.457. The number of hydrogen-bond acceptors (Lipinski definition) is 3. The zero-order valence-electron chi connectivity index (χ0n) is 12.1. The number of nitrogens with one attached hydrogen (secondary N) is 1. The fraction of sp³-hybridized carbons (Fsp3) is 0.467. The second-order valence-corrected chi connectivity index (χ2v) is 5.14. The molecular formula is C15H20N2O2. The van der Waals surface area contributed by atoms with Crippen molar-refractivity contribution in [1.29, 1.82) is 5.26 Å². The van der Waals surface area contributed by atoms with Crippen LogP contribution in [0.5, 0.6) is 5.75 Å². The fourth-order valence-electron chi connectivity index (χ4n) is 1.98. The lowest BCUT2D eigenvalue weighted by Crippen LogP contribution is -2.41. The van der Waals surface area contributed by atoms with Gasteiger partial charge in [0.15, 0.2) is 0 Å². The van der Waals surface area contributed by atoms with Gasteiger partial charge < -0.3 is 10.1 Å². The van der Waals surface area contributed by atoms with Crippen LogP contribution in [0.2, 0.25) is 0 Å². The molecule has 102 valence electrons. The largest absolute Gasteiger partial charge is 0.496 e. The molecule has 0 saturated heterocycles. The molecule has 0 saturated carbocycles. The lowest BCUT2D eigenvalue weighted by molar-refractivity contribution is -0.121. The first-order valence-corrected chi connectivity index (χ1v) is 6.15. The van der Waals surface area contributed by atoms with Crippen molar-refractivity contribution in [1.82, 2.24) is 5.32 Å². The van der Waals surface area contributed by atoms with Crippen molar-refractivity contribution in [2.75, 3.05) is 7.11 Å². The van der Waals surface area contributed by atoms with Gasteiger partial charge in [0.05, 0.1) is 18.7 Å². The average molecular weight is 260 g/mol. The van der Waals surface area contributed by atoms with Gasteiger partial charge in [-0.25, -0.2) is 0 Å². The Morgan fingerprint density at radius 3 is 2.47 bits per heavy atom. The second-order valence-electron chi connectivity index (χ2n) is 5.14. The van der Waals surface area contributed by atoms with Crippen LogP contribution in [0.1, 0.15) is 37.0 Å². The second kappa shape index (κ2) is 5.75. The highest BCUT2D eigenvalue weighted by molar-refractivity contribution is 5.79. The van der Waals surface area contributed by atoms with E-state index in [1.165, 1.54) is 0 Å². The molecular weight excluding hydrogens is 240 g/mol. The highest BCUT2D eigenvalue weighted by Gasteiger charge is 2.26. The molecule has 0 aliphatic carbocycles. The van der Waals surface area contributed by atoms with Gasteiger partial charge in [0, 0.05) is 5.56 Å². The first kappa shape index (κ1) is 15.0. The average Bonchev–Trinajstić information content (AvgIpc) is 2.31. The molecule has 4 heteroatoms. The number of nitrogens with zero attached hydrogens (tertiary/aromatic N) is 1. The summed E-state index contributed by atoms with van der Waals surface area (Å²) in [5, 5.41) is 11.4. The van der Waals surface area contributed by atoms with E-state index in [2.05, 4.69) is 5.32 Å². The van der Waals surface area contributed by atoms with Gasteiger partial charge in [-0.3, -0.25) is 4.79 Å². The fourth-order valence-corrected chi connectivity index (χ4v) is 1.98. The molecule has 0 radical (unpaired) electrons. The van der Waals surface area contributed by atoms with Crippen LogP contribution in [-0.2, 0) is 10.3 Å². The van der Waals surface area contributed by atoms with Gasteiger partial charge in [-0.15, -0.1) is 0 Å². The number of rotatable bonds is 4. The Balaban J connectivity index is 3.16. The van der Waals surface area contributed by atoms with Crippen LogP contribution >= 0.6 is 0 Å². The summed E-state index contributed by atoms with van der Waals surface area (Å²) in [5.41, 5.74) is 2.60. The number of methoxy groups -OCH3 is 1. The van der Waals surface area contributed by atoms with Crippen LogP contribution in [-0.4, -0.2) is 13.0 Å². The van der Waals surface area contributed by atoms with Crippen molar-refractivity contribution >= 4 is 5.91 Å². The number of aryl methyl sites for hydroxylation is 2. The van der Waals surface area contributed by atoms with Crippen LogP contribution in [0.3, 0.4) is 0 Å². The van der Waals surface area contributed by atoms with E-state index in [1.807, 2.05) is 45.9 Å². The van der Waals surface area contributed by atoms with Crippen LogP contribution < -0.4 is 10.1 Å². The summed E-state index contributed by atoms with van der Waals surface area (Å²) < 4.78 is 5.39. The van der Waals surface area contributed by atoms with E-state index in [-0.39, 0.29) is 12.3 Å². The van der Waals surface area contributed by atoms with Crippen molar-refractivity contribution in [3.05, 3.63) is 28.8 Å². The lowest BCUT2D eigenvalue weighted by atomic mass is 9.90. The molecule has 0 aromatic heterocycles. The summed E-state index contributed by atoms with van der Waals surface area (Å²) in [6.45, 7) is 7.83. The minimum absolute atomic E-state index is 0.142. The molecule has 0 heterocycles. The van der Waals surface area contributed by atoms with Gasteiger partial charge >= 0.3 is 0 Å². The first-order valence-electron chi connectivity index (χ1n) is 6.15. The van der Waals surface area contributed by atoms with E-state index >= 15 is 0 Å². The molecule has 1 amide bonds. The third-order valence-corrected chi connectivity index (χ3v) is 3.18. The molecule has 0 bridgehead atoms. The Hall–Kier alpha value is -2.02. The van der Waals surface area contributed by atoms with Crippen LogP contribution in [0, 0.1) is 25.2 Å². The minimum atomic E-state index is -0.586. The summed E-state index contributed by atoms with van der Waals surface area (Å²) in [7, 11) is 1.61. The monoisotopic (exact) mass is 260 g/mol. The van der Waals surface area contributed by atoms with E-state index in [1.54, 1.807) is 7.11 Å². The van der Waals surface area contributed by atoms with Gasteiger partial charge in [0.2, 0.25) is 5.91 Å². The Morgan fingerprint density at radius 2 is 1.95 bits per heavy atom. The maximum absolute atomic E-state index is 11.6. The third kappa shape index (κ3) is 3.47. The summed E-state index contributed by atoms with van der Waals surface area (Å²) in [6.07, 6.45) is -0.142. The molecule has 1 aromatic carbocycles. The molecule has 4 nitrogen and oxygen atoms in total. The molecule has 0 spiro atoms. The van der Waals surface area contributed by atoms with Crippen molar-refractivity contribution in [2.24, 2.45) is 0 Å². The summed E-state index contributed by atoms with van der Waals surface area (Å²) in [4.78, 5) is 11.6. The van der Waals surface area contributed by atoms with E-state index < -0.39 is 5.54 Å². The van der Waals surface area contributed by atoms with Crippen LogP contribution in [0.15, 0.2) is 12.1 Å². The molecule has 19 heavy (non-hydrogen) atoms. The van der Waals surface area contributed by atoms with E-state index in [4.69, 9.17) is 10.00 Å². The highest BCUT2D eigenvalue weighted by Crippen LogP contribution is 2.32. The molecule has 1 N–H and O–H groups in total. The number of ether oxygens (including phenoxy) is 1. The number of carbonyl (C=O) groups is 1. The first-order chi connectivity index (χ1) is 8.81. The number of hydrogen-bond donors (Lipinski definition) is 1. The van der Waals surface area contributed by atoms with Gasteiger partial charge in [0.1, 0.15) is 12.2 Å². The van der Waals surface area contributed by atoms with Crippen LogP contribution in [0.4, 0.5) is 0 Å². The molecule has 0 aliphatic rings. The van der Waals surface area contributed by atoms with E-state index in [0.29, 0.717) is 0 Å². The standard InChI is InChI=1S/C15H20N2O2/c1-10-8-12(13(19-5)9-11(10)2)15(3,4)17-14(18)6-7-16/h8-9H,6H2,1-5H3,(H,17,18). The summed E-state index contributed by atoms with van der Waals surface area (Å²) >= 11 is 0. The van der Waals surface area contributed by atoms with Crippen molar-refractivity contribution in [2.45, 2.75) is 39.7 Å². The number of benzene rings is 1. The predicted octanol–water partition coefficient (Wildman–Crippen LogP) is 2.58. The zero-order valence-corrected chi connectivity index (χ0v) is 12.1. The number of nitriles is 1. The topological polar surface area (TPSA) is 62.1 Å².